The van der Waals surface area contributed by atoms with E-state index in [1.165, 1.54) is 0 Å². The Balaban J connectivity index is 3.27. The average Bonchev–Trinajstić information content (AvgIpc) is 2.24. The molecule has 1 aromatic rings. The molecule has 4 N–H and O–H groups in total. The van der Waals surface area contributed by atoms with Crippen LogP contribution in [0, 0.1) is 13.8 Å². The normalized spacial score (nSPS) is 16.6. The standard InChI is InChI=1S/C13H21NO3/c1-8-6-11(16)9(2)5-10(8)13(3,17)12(7-15)14-4/h5-6,12,14-17H,7H2,1-4H3/t12-,13-/m1/s1. The summed E-state index contributed by atoms with van der Waals surface area (Å²) in [6, 6.07) is 2.93. The van der Waals surface area contributed by atoms with Gasteiger partial charge in [0.2, 0.25) is 0 Å². The van der Waals surface area contributed by atoms with Crippen LogP contribution in [-0.4, -0.2) is 35.0 Å². The fourth-order valence-electron chi connectivity index (χ4n) is 2.08. The maximum Gasteiger partial charge on any atom is 0.118 e. The summed E-state index contributed by atoms with van der Waals surface area (Å²) in [4.78, 5) is 0. The lowest BCUT2D eigenvalue weighted by molar-refractivity contribution is -0.00354. The van der Waals surface area contributed by atoms with Crippen LogP contribution < -0.4 is 5.32 Å². The van der Waals surface area contributed by atoms with Gasteiger partial charge < -0.3 is 20.6 Å². The first-order valence-corrected chi connectivity index (χ1v) is 5.65. The van der Waals surface area contributed by atoms with Gasteiger partial charge in [0, 0.05) is 0 Å². The third-order valence-electron chi connectivity index (χ3n) is 3.30. The number of rotatable bonds is 4. The number of likely N-dealkylation sites (N-methyl/N-ethyl adjacent to an activating group) is 1. The summed E-state index contributed by atoms with van der Waals surface area (Å²) in [7, 11) is 1.69. The van der Waals surface area contributed by atoms with Crippen LogP contribution in [0.3, 0.4) is 0 Å². The zero-order valence-electron chi connectivity index (χ0n) is 10.8. The predicted octanol–water partition coefficient (Wildman–Crippen LogP) is 0.797. The van der Waals surface area contributed by atoms with Gasteiger partial charge in [-0.15, -0.1) is 0 Å². The Bertz CT molecular complexity index is 398. The zero-order valence-corrected chi connectivity index (χ0v) is 10.8. The molecule has 0 heterocycles. The van der Waals surface area contributed by atoms with Gasteiger partial charge in [-0.25, -0.2) is 0 Å². The molecule has 0 bridgehead atoms. The number of aryl methyl sites for hydroxylation is 2. The molecule has 0 saturated heterocycles. The third-order valence-corrected chi connectivity index (χ3v) is 3.30. The number of benzene rings is 1. The molecule has 96 valence electrons. The van der Waals surface area contributed by atoms with Gasteiger partial charge in [0.05, 0.1) is 12.6 Å². The van der Waals surface area contributed by atoms with E-state index in [-0.39, 0.29) is 12.4 Å². The van der Waals surface area contributed by atoms with Crippen molar-refractivity contribution in [2.24, 2.45) is 0 Å². The molecule has 0 unspecified atom stereocenters. The lowest BCUT2D eigenvalue weighted by atomic mass is 9.84. The Morgan fingerprint density at radius 1 is 1.29 bits per heavy atom. The average molecular weight is 239 g/mol. The van der Waals surface area contributed by atoms with Crippen molar-refractivity contribution in [3.8, 4) is 5.75 Å². The molecule has 0 aliphatic heterocycles. The van der Waals surface area contributed by atoms with Crippen molar-refractivity contribution in [2.45, 2.75) is 32.4 Å². The minimum absolute atomic E-state index is 0.164. The number of hydrogen-bond acceptors (Lipinski definition) is 4. The van der Waals surface area contributed by atoms with E-state index in [9.17, 15) is 15.3 Å². The summed E-state index contributed by atoms with van der Waals surface area (Å²) in [5, 5.41) is 32.3. The maximum absolute atomic E-state index is 10.5. The molecule has 0 amide bonds. The molecule has 1 aromatic carbocycles. The van der Waals surface area contributed by atoms with E-state index in [1.54, 1.807) is 33.0 Å². The predicted molar refractivity (Wildman–Crippen MR) is 67.1 cm³/mol. The fraction of sp³-hybridized carbons (Fsp3) is 0.538. The largest absolute Gasteiger partial charge is 0.508 e. The second kappa shape index (κ2) is 5.04. The van der Waals surface area contributed by atoms with Crippen molar-refractivity contribution in [3.05, 3.63) is 28.8 Å². The molecule has 0 aromatic heterocycles. The Hall–Kier alpha value is -1.10. The van der Waals surface area contributed by atoms with E-state index in [4.69, 9.17) is 0 Å². The van der Waals surface area contributed by atoms with Gasteiger partial charge in [0.1, 0.15) is 11.4 Å². The molecular formula is C13H21NO3. The summed E-state index contributed by atoms with van der Waals surface area (Å²) in [6.45, 7) is 5.10. The minimum atomic E-state index is -1.19. The van der Waals surface area contributed by atoms with E-state index in [0.717, 1.165) is 5.56 Å². The lowest BCUT2D eigenvalue weighted by Crippen LogP contribution is -2.48. The van der Waals surface area contributed by atoms with Gasteiger partial charge in [-0.2, -0.15) is 0 Å². The molecule has 0 saturated carbocycles. The first-order chi connectivity index (χ1) is 7.84. The molecule has 0 aliphatic rings. The SMILES string of the molecule is CN[C@H](CO)[C@](C)(O)c1cc(C)c(O)cc1C. The van der Waals surface area contributed by atoms with E-state index < -0.39 is 11.6 Å². The highest BCUT2D eigenvalue weighted by molar-refractivity contribution is 5.43. The second-order valence-electron chi connectivity index (χ2n) is 4.62. The summed E-state index contributed by atoms with van der Waals surface area (Å²) in [5.74, 6) is 0.215. The molecule has 2 atom stereocenters. The van der Waals surface area contributed by atoms with Crippen molar-refractivity contribution < 1.29 is 15.3 Å². The number of aromatic hydroxyl groups is 1. The van der Waals surface area contributed by atoms with E-state index in [2.05, 4.69) is 5.32 Å². The maximum atomic E-state index is 10.5. The van der Waals surface area contributed by atoms with Crippen molar-refractivity contribution in [1.29, 1.82) is 0 Å². The van der Waals surface area contributed by atoms with E-state index in [1.807, 2.05) is 6.92 Å². The van der Waals surface area contributed by atoms with Gasteiger partial charge in [-0.05, 0) is 56.6 Å². The summed E-state index contributed by atoms with van der Waals surface area (Å²) in [5.41, 5.74) is 1.03. The van der Waals surface area contributed by atoms with Crippen molar-refractivity contribution >= 4 is 0 Å². The minimum Gasteiger partial charge on any atom is -0.508 e. The van der Waals surface area contributed by atoms with Crippen molar-refractivity contribution in [2.75, 3.05) is 13.7 Å². The number of nitrogens with one attached hydrogen (secondary N) is 1. The third kappa shape index (κ3) is 2.60. The Kier molecular flexibility index (Phi) is 4.14. The summed E-state index contributed by atoms with van der Waals surface area (Å²) in [6.07, 6.45) is 0. The number of phenols is 1. The highest BCUT2D eigenvalue weighted by atomic mass is 16.3. The first kappa shape index (κ1) is 14.0. The number of aliphatic hydroxyl groups is 2. The Morgan fingerprint density at radius 2 is 1.88 bits per heavy atom. The van der Waals surface area contributed by atoms with Crippen LogP contribution in [0.25, 0.3) is 0 Å². The highest BCUT2D eigenvalue weighted by Crippen LogP contribution is 2.31. The van der Waals surface area contributed by atoms with Gasteiger partial charge in [0.25, 0.3) is 0 Å². The molecule has 0 fully saturated rings. The number of hydrogen-bond donors (Lipinski definition) is 4. The molecule has 1 rings (SSSR count). The van der Waals surface area contributed by atoms with Crippen molar-refractivity contribution in [1.82, 2.24) is 5.32 Å². The molecule has 17 heavy (non-hydrogen) atoms. The number of phenolic OH excluding ortho intramolecular Hbond substituents is 1. The fourth-order valence-corrected chi connectivity index (χ4v) is 2.08. The van der Waals surface area contributed by atoms with Crippen LogP contribution >= 0.6 is 0 Å². The van der Waals surface area contributed by atoms with Crippen molar-refractivity contribution in [3.63, 3.8) is 0 Å². The number of aliphatic hydroxyl groups excluding tert-OH is 1. The van der Waals surface area contributed by atoms with Crippen LogP contribution in [0.1, 0.15) is 23.6 Å². The topological polar surface area (TPSA) is 72.7 Å². The monoisotopic (exact) mass is 239 g/mol. The van der Waals surface area contributed by atoms with Gasteiger partial charge >= 0.3 is 0 Å². The van der Waals surface area contributed by atoms with E-state index in [0.29, 0.717) is 11.1 Å². The van der Waals surface area contributed by atoms with Gasteiger partial charge in [-0.3, -0.25) is 0 Å². The Morgan fingerprint density at radius 3 is 2.35 bits per heavy atom. The summed E-state index contributed by atoms with van der Waals surface area (Å²) >= 11 is 0. The molecule has 0 aliphatic carbocycles. The second-order valence-corrected chi connectivity index (χ2v) is 4.62. The molecular weight excluding hydrogens is 218 g/mol. The van der Waals surface area contributed by atoms with Gasteiger partial charge in [0.15, 0.2) is 0 Å². The highest BCUT2D eigenvalue weighted by Gasteiger charge is 2.33. The van der Waals surface area contributed by atoms with Crippen LogP contribution in [0.4, 0.5) is 0 Å². The summed E-state index contributed by atoms with van der Waals surface area (Å²) < 4.78 is 0. The van der Waals surface area contributed by atoms with E-state index >= 15 is 0 Å². The zero-order chi connectivity index (χ0) is 13.2. The molecule has 0 radical (unpaired) electrons. The lowest BCUT2D eigenvalue weighted by Gasteiger charge is -2.33. The van der Waals surface area contributed by atoms with Crippen LogP contribution in [0.2, 0.25) is 0 Å². The smallest absolute Gasteiger partial charge is 0.118 e. The quantitative estimate of drug-likeness (QED) is 0.627. The van der Waals surface area contributed by atoms with Crippen LogP contribution in [0.15, 0.2) is 12.1 Å². The van der Waals surface area contributed by atoms with Crippen LogP contribution in [0.5, 0.6) is 5.75 Å². The molecule has 0 spiro atoms. The molecule has 4 heteroatoms. The Labute approximate surface area is 102 Å². The molecule has 4 nitrogen and oxygen atoms in total. The van der Waals surface area contributed by atoms with Crippen LogP contribution in [-0.2, 0) is 5.60 Å². The first-order valence-electron chi connectivity index (χ1n) is 5.65. The van der Waals surface area contributed by atoms with Gasteiger partial charge in [-0.1, -0.05) is 0 Å².